The van der Waals surface area contributed by atoms with Crippen LogP contribution >= 0.6 is 0 Å². The second kappa shape index (κ2) is 4.65. The van der Waals surface area contributed by atoms with Crippen LogP contribution < -0.4 is 0 Å². The van der Waals surface area contributed by atoms with Crippen LogP contribution in [0.1, 0.15) is 12.5 Å². The van der Waals surface area contributed by atoms with Crippen molar-refractivity contribution < 1.29 is 14.4 Å². The Morgan fingerprint density at radius 3 is 2.41 bits per heavy atom. The molecule has 1 saturated heterocycles. The third kappa shape index (κ3) is 2.89. The highest BCUT2D eigenvalue weighted by Crippen LogP contribution is 2.21. The van der Waals surface area contributed by atoms with E-state index in [1.807, 2.05) is 13.0 Å². The van der Waals surface area contributed by atoms with Crippen molar-refractivity contribution in [3.8, 4) is 0 Å². The molecule has 0 atom stereocenters. The Bertz CT molecular complexity index is 432. The minimum Gasteiger partial charge on any atom is -0.344 e. The van der Waals surface area contributed by atoms with Crippen molar-refractivity contribution in [3.63, 3.8) is 0 Å². The number of hydrogen-bond donors (Lipinski definition) is 0. The summed E-state index contributed by atoms with van der Waals surface area (Å²) in [6.07, 6.45) is 3.64. The smallest absolute Gasteiger partial charge is 0.269 e. The van der Waals surface area contributed by atoms with Gasteiger partial charge in [-0.3, -0.25) is 10.1 Å². The van der Waals surface area contributed by atoms with Gasteiger partial charge in [-0.1, -0.05) is 6.08 Å². The molecule has 1 fully saturated rings. The highest BCUT2D eigenvalue weighted by atomic mass is 16.7. The Balaban J connectivity index is 2.08. The second-order valence-electron chi connectivity index (χ2n) is 3.89. The number of non-ortho nitro benzene ring substituents is 1. The molecule has 5 heteroatoms. The molecule has 0 N–H and O–H groups in total. The molecule has 0 radical (unpaired) electrons. The minimum atomic E-state index is -0.679. The first-order chi connectivity index (χ1) is 8.09. The SMILES string of the molecule is CC1(/C=C/c2ccc([N+](=O)[O-])cc2)OCCO1. The normalized spacial score (nSPS) is 18.6. The van der Waals surface area contributed by atoms with Crippen molar-refractivity contribution in [1.29, 1.82) is 0 Å². The first kappa shape index (κ1) is 11.8. The minimum absolute atomic E-state index is 0.0849. The molecule has 5 nitrogen and oxygen atoms in total. The van der Waals surface area contributed by atoms with E-state index in [9.17, 15) is 10.1 Å². The van der Waals surface area contributed by atoms with Gasteiger partial charge in [0.05, 0.1) is 18.1 Å². The molecule has 1 heterocycles. The Labute approximate surface area is 98.8 Å². The monoisotopic (exact) mass is 235 g/mol. The molecule has 0 saturated carbocycles. The van der Waals surface area contributed by atoms with Crippen molar-refractivity contribution in [3.05, 3.63) is 46.0 Å². The third-order valence-electron chi connectivity index (χ3n) is 2.54. The van der Waals surface area contributed by atoms with E-state index in [2.05, 4.69) is 0 Å². The van der Waals surface area contributed by atoms with Crippen molar-refractivity contribution in [2.24, 2.45) is 0 Å². The Hall–Kier alpha value is -1.72. The van der Waals surface area contributed by atoms with Crippen LogP contribution in [-0.2, 0) is 9.47 Å². The average Bonchev–Trinajstić information content (AvgIpc) is 2.75. The Kier molecular flexibility index (Phi) is 3.21. The van der Waals surface area contributed by atoms with Gasteiger partial charge >= 0.3 is 0 Å². The lowest BCUT2D eigenvalue weighted by Gasteiger charge is -2.16. The number of nitro benzene ring substituents is 1. The van der Waals surface area contributed by atoms with Gasteiger partial charge in [-0.05, 0) is 30.7 Å². The third-order valence-corrected chi connectivity index (χ3v) is 2.54. The summed E-state index contributed by atoms with van der Waals surface area (Å²) in [7, 11) is 0. The second-order valence-corrected chi connectivity index (χ2v) is 3.89. The van der Waals surface area contributed by atoms with E-state index in [0.29, 0.717) is 13.2 Å². The molecule has 17 heavy (non-hydrogen) atoms. The van der Waals surface area contributed by atoms with E-state index >= 15 is 0 Å². The van der Waals surface area contributed by atoms with Crippen LogP contribution in [0.3, 0.4) is 0 Å². The average molecular weight is 235 g/mol. The van der Waals surface area contributed by atoms with Crippen molar-refractivity contribution in [1.82, 2.24) is 0 Å². The lowest BCUT2D eigenvalue weighted by Crippen LogP contribution is -2.21. The van der Waals surface area contributed by atoms with Crippen molar-refractivity contribution in [2.75, 3.05) is 13.2 Å². The molecule has 1 aliphatic heterocycles. The Morgan fingerprint density at radius 2 is 1.88 bits per heavy atom. The van der Waals surface area contributed by atoms with Crippen molar-refractivity contribution >= 4 is 11.8 Å². The molecule has 0 spiro atoms. The molecule has 90 valence electrons. The van der Waals surface area contributed by atoms with E-state index in [1.165, 1.54) is 12.1 Å². The topological polar surface area (TPSA) is 61.6 Å². The van der Waals surface area contributed by atoms with Crippen LogP contribution in [0, 0.1) is 10.1 Å². The number of benzene rings is 1. The fraction of sp³-hybridized carbons (Fsp3) is 0.333. The van der Waals surface area contributed by atoms with E-state index in [1.54, 1.807) is 18.2 Å². The fourth-order valence-electron chi connectivity index (χ4n) is 1.58. The molecular formula is C12H13NO4. The molecule has 1 aromatic rings. The van der Waals surface area contributed by atoms with Crippen LogP contribution in [0.5, 0.6) is 0 Å². The molecule has 1 aliphatic rings. The van der Waals surface area contributed by atoms with Gasteiger partial charge in [0.25, 0.3) is 5.69 Å². The summed E-state index contributed by atoms with van der Waals surface area (Å²) >= 11 is 0. The lowest BCUT2D eigenvalue weighted by molar-refractivity contribution is -0.384. The number of ether oxygens (including phenoxy) is 2. The Morgan fingerprint density at radius 1 is 1.29 bits per heavy atom. The van der Waals surface area contributed by atoms with E-state index in [-0.39, 0.29) is 5.69 Å². The van der Waals surface area contributed by atoms with Crippen LogP contribution in [0.4, 0.5) is 5.69 Å². The van der Waals surface area contributed by atoms with E-state index in [4.69, 9.17) is 9.47 Å². The fourth-order valence-corrected chi connectivity index (χ4v) is 1.58. The number of rotatable bonds is 3. The summed E-state index contributed by atoms with van der Waals surface area (Å²) in [5.74, 6) is -0.679. The van der Waals surface area contributed by atoms with Gasteiger partial charge in [0.2, 0.25) is 0 Å². The number of nitro groups is 1. The van der Waals surface area contributed by atoms with Crippen molar-refractivity contribution in [2.45, 2.75) is 12.7 Å². The quantitative estimate of drug-likeness (QED) is 0.596. The summed E-state index contributed by atoms with van der Waals surface area (Å²) in [6, 6.07) is 6.32. The van der Waals surface area contributed by atoms with Gasteiger partial charge < -0.3 is 9.47 Å². The van der Waals surface area contributed by atoms with E-state index in [0.717, 1.165) is 5.56 Å². The van der Waals surface area contributed by atoms with Crippen LogP contribution in [0.15, 0.2) is 30.3 Å². The van der Waals surface area contributed by atoms with Gasteiger partial charge in [-0.15, -0.1) is 0 Å². The molecule has 1 aromatic carbocycles. The van der Waals surface area contributed by atoms with E-state index < -0.39 is 10.7 Å². The zero-order chi connectivity index (χ0) is 12.3. The standard InChI is InChI=1S/C12H13NO4/c1-12(16-8-9-17-12)7-6-10-2-4-11(5-3-10)13(14)15/h2-7H,8-9H2,1H3/b7-6+. The van der Waals surface area contributed by atoms with Gasteiger partial charge in [0.15, 0.2) is 5.79 Å². The maximum atomic E-state index is 10.5. The highest BCUT2D eigenvalue weighted by Gasteiger charge is 2.27. The number of hydrogen-bond acceptors (Lipinski definition) is 4. The molecule has 2 rings (SSSR count). The van der Waals surface area contributed by atoms with Gasteiger partial charge in [0.1, 0.15) is 0 Å². The summed E-state index contributed by atoms with van der Waals surface area (Å²) in [5.41, 5.74) is 0.956. The molecule has 0 amide bonds. The molecule has 0 unspecified atom stereocenters. The summed E-state index contributed by atoms with van der Waals surface area (Å²) in [4.78, 5) is 10.1. The lowest BCUT2D eigenvalue weighted by atomic mass is 10.1. The summed E-state index contributed by atoms with van der Waals surface area (Å²) in [6.45, 7) is 3.00. The summed E-state index contributed by atoms with van der Waals surface area (Å²) < 4.78 is 10.8. The first-order valence-electron chi connectivity index (χ1n) is 5.31. The summed E-state index contributed by atoms with van der Waals surface area (Å²) in [5, 5.41) is 10.5. The van der Waals surface area contributed by atoms with Gasteiger partial charge in [-0.25, -0.2) is 0 Å². The zero-order valence-electron chi connectivity index (χ0n) is 9.46. The molecule has 0 bridgehead atoms. The highest BCUT2D eigenvalue weighted by molar-refractivity contribution is 5.52. The molecular weight excluding hydrogens is 222 g/mol. The first-order valence-corrected chi connectivity index (χ1v) is 5.31. The maximum absolute atomic E-state index is 10.5. The predicted octanol–water partition coefficient (Wildman–Crippen LogP) is 2.37. The van der Waals surface area contributed by atoms with Crippen LogP contribution in [-0.4, -0.2) is 23.9 Å². The number of nitrogens with zero attached hydrogens (tertiary/aromatic N) is 1. The zero-order valence-corrected chi connectivity index (χ0v) is 9.46. The largest absolute Gasteiger partial charge is 0.344 e. The van der Waals surface area contributed by atoms with Crippen LogP contribution in [0.2, 0.25) is 0 Å². The van der Waals surface area contributed by atoms with Crippen LogP contribution in [0.25, 0.3) is 6.08 Å². The molecule has 0 aromatic heterocycles. The molecule has 0 aliphatic carbocycles. The predicted molar refractivity (Wildman–Crippen MR) is 62.4 cm³/mol. The van der Waals surface area contributed by atoms with Gasteiger partial charge in [0, 0.05) is 12.1 Å². The van der Waals surface area contributed by atoms with Gasteiger partial charge in [-0.2, -0.15) is 0 Å². The maximum Gasteiger partial charge on any atom is 0.269 e.